The predicted octanol–water partition coefficient (Wildman–Crippen LogP) is 2.75. The van der Waals surface area contributed by atoms with Crippen LogP contribution < -0.4 is 5.32 Å². The van der Waals surface area contributed by atoms with Crippen LogP contribution >= 0.6 is 0 Å². The Morgan fingerprint density at radius 3 is 3.00 bits per heavy atom. The average molecular weight is 272 g/mol. The van der Waals surface area contributed by atoms with Crippen LogP contribution in [0.3, 0.4) is 0 Å². The fourth-order valence-corrected chi connectivity index (χ4v) is 3.88. The SMILES string of the molecule is CC(C)NC1(C#N)CCC(n2cnc3c2CCCC3)C1. The van der Waals surface area contributed by atoms with Crippen LogP contribution in [-0.2, 0) is 12.8 Å². The van der Waals surface area contributed by atoms with Crippen LogP contribution in [0.25, 0.3) is 0 Å². The number of nitrogens with zero attached hydrogens (tertiary/aromatic N) is 3. The van der Waals surface area contributed by atoms with Gasteiger partial charge >= 0.3 is 0 Å². The molecule has 0 spiro atoms. The smallest absolute Gasteiger partial charge is 0.109 e. The van der Waals surface area contributed by atoms with Crippen molar-refractivity contribution in [3.63, 3.8) is 0 Å². The van der Waals surface area contributed by atoms with Gasteiger partial charge < -0.3 is 4.57 Å². The fourth-order valence-electron chi connectivity index (χ4n) is 3.88. The second-order valence-electron chi connectivity index (χ2n) is 6.64. The molecule has 0 aromatic carbocycles. The van der Waals surface area contributed by atoms with Gasteiger partial charge in [0.1, 0.15) is 5.54 Å². The standard InChI is InChI=1S/C16H24N4/c1-12(2)19-16(10-17)8-7-13(9-16)20-11-18-14-5-3-4-6-15(14)20/h11-13,19H,3-9H2,1-2H3. The number of aryl methyl sites for hydroxylation is 1. The number of hydrogen-bond acceptors (Lipinski definition) is 3. The number of hydrogen-bond donors (Lipinski definition) is 1. The van der Waals surface area contributed by atoms with E-state index in [9.17, 15) is 5.26 Å². The molecule has 0 aliphatic heterocycles. The fraction of sp³-hybridized carbons (Fsp3) is 0.750. The highest BCUT2D eigenvalue weighted by Gasteiger charge is 2.41. The van der Waals surface area contributed by atoms with Crippen molar-refractivity contribution in [1.29, 1.82) is 5.26 Å². The Bertz CT molecular complexity index is 525. The summed E-state index contributed by atoms with van der Waals surface area (Å²) < 4.78 is 2.37. The zero-order chi connectivity index (χ0) is 14.2. The van der Waals surface area contributed by atoms with Gasteiger partial charge in [0.2, 0.25) is 0 Å². The summed E-state index contributed by atoms with van der Waals surface area (Å²) in [5.41, 5.74) is 2.38. The number of aromatic nitrogens is 2. The van der Waals surface area contributed by atoms with E-state index in [1.165, 1.54) is 24.2 Å². The second-order valence-corrected chi connectivity index (χ2v) is 6.64. The summed E-state index contributed by atoms with van der Waals surface area (Å²) in [4.78, 5) is 4.60. The Balaban J connectivity index is 1.80. The van der Waals surface area contributed by atoms with Gasteiger partial charge in [-0.1, -0.05) is 0 Å². The third-order valence-corrected chi connectivity index (χ3v) is 4.72. The van der Waals surface area contributed by atoms with Crippen molar-refractivity contribution in [2.45, 2.75) is 76.4 Å². The minimum atomic E-state index is -0.343. The van der Waals surface area contributed by atoms with E-state index in [2.05, 4.69) is 34.8 Å². The summed E-state index contributed by atoms with van der Waals surface area (Å²) in [5.74, 6) is 0. The molecule has 1 heterocycles. The first-order valence-corrected chi connectivity index (χ1v) is 7.87. The zero-order valence-electron chi connectivity index (χ0n) is 12.5. The van der Waals surface area contributed by atoms with E-state index >= 15 is 0 Å². The van der Waals surface area contributed by atoms with E-state index in [1.54, 1.807) is 0 Å². The first-order valence-electron chi connectivity index (χ1n) is 7.87. The highest BCUT2D eigenvalue weighted by atomic mass is 15.1. The Morgan fingerprint density at radius 1 is 1.45 bits per heavy atom. The van der Waals surface area contributed by atoms with Crippen molar-refractivity contribution in [3.05, 3.63) is 17.7 Å². The van der Waals surface area contributed by atoms with Gasteiger partial charge in [-0.05, 0) is 58.8 Å². The Hall–Kier alpha value is -1.34. The minimum Gasteiger partial charge on any atom is -0.331 e. The maximum atomic E-state index is 9.58. The minimum absolute atomic E-state index is 0.343. The molecule has 2 unspecified atom stereocenters. The summed E-state index contributed by atoms with van der Waals surface area (Å²) in [7, 11) is 0. The number of nitrogens with one attached hydrogen (secondary N) is 1. The lowest BCUT2D eigenvalue weighted by molar-refractivity contribution is 0.366. The van der Waals surface area contributed by atoms with Crippen LogP contribution in [0.2, 0.25) is 0 Å². The van der Waals surface area contributed by atoms with Crippen molar-refractivity contribution >= 4 is 0 Å². The second kappa shape index (κ2) is 5.21. The van der Waals surface area contributed by atoms with Crippen LogP contribution in [0.15, 0.2) is 6.33 Å². The molecule has 1 N–H and O–H groups in total. The molecule has 0 radical (unpaired) electrons. The molecule has 4 heteroatoms. The van der Waals surface area contributed by atoms with Gasteiger partial charge in [0, 0.05) is 17.8 Å². The largest absolute Gasteiger partial charge is 0.331 e. The Morgan fingerprint density at radius 2 is 2.25 bits per heavy atom. The van der Waals surface area contributed by atoms with Gasteiger partial charge in [0.05, 0.1) is 18.1 Å². The Labute approximate surface area is 121 Å². The average Bonchev–Trinajstić information content (AvgIpc) is 3.02. The number of rotatable bonds is 3. The van der Waals surface area contributed by atoms with E-state index in [-0.39, 0.29) is 5.54 Å². The van der Waals surface area contributed by atoms with Gasteiger partial charge in [-0.25, -0.2) is 4.98 Å². The summed E-state index contributed by atoms with van der Waals surface area (Å²) in [6, 6.07) is 3.33. The van der Waals surface area contributed by atoms with Crippen LogP contribution in [0.1, 0.15) is 63.4 Å². The summed E-state index contributed by atoms with van der Waals surface area (Å²) >= 11 is 0. The van der Waals surface area contributed by atoms with Gasteiger partial charge in [-0.3, -0.25) is 5.32 Å². The van der Waals surface area contributed by atoms with Crippen LogP contribution in [0.4, 0.5) is 0 Å². The first kappa shape index (κ1) is 13.6. The molecule has 4 nitrogen and oxygen atoms in total. The van der Waals surface area contributed by atoms with E-state index in [0.717, 1.165) is 32.1 Å². The monoisotopic (exact) mass is 272 g/mol. The van der Waals surface area contributed by atoms with Crippen LogP contribution in [0.5, 0.6) is 0 Å². The molecule has 108 valence electrons. The molecule has 2 atom stereocenters. The third-order valence-electron chi connectivity index (χ3n) is 4.72. The van der Waals surface area contributed by atoms with Crippen molar-refractivity contribution in [3.8, 4) is 6.07 Å². The van der Waals surface area contributed by atoms with E-state index in [1.807, 2.05) is 6.33 Å². The Kier molecular flexibility index (Phi) is 3.55. The van der Waals surface area contributed by atoms with E-state index in [4.69, 9.17) is 0 Å². The van der Waals surface area contributed by atoms with Crippen molar-refractivity contribution in [2.75, 3.05) is 0 Å². The number of fused-ring (bicyclic) bond motifs is 1. The quantitative estimate of drug-likeness (QED) is 0.920. The lowest BCUT2D eigenvalue weighted by atomic mass is 9.97. The molecule has 3 rings (SSSR count). The normalized spacial score (nSPS) is 29.4. The molecular weight excluding hydrogens is 248 g/mol. The van der Waals surface area contributed by atoms with Gasteiger partial charge in [-0.2, -0.15) is 5.26 Å². The molecule has 20 heavy (non-hydrogen) atoms. The topological polar surface area (TPSA) is 53.6 Å². The van der Waals surface area contributed by atoms with Gasteiger partial charge in [0.15, 0.2) is 0 Å². The predicted molar refractivity (Wildman–Crippen MR) is 78.4 cm³/mol. The van der Waals surface area contributed by atoms with Crippen molar-refractivity contribution < 1.29 is 0 Å². The summed E-state index contributed by atoms with van der Waals surface area (Å²) in [6.45, 7) is 4.23. The first-order chi connectivity index (χ1) is 9.63. The van der Waals surface area contributed by atoms with Crippen LogP contribution in [-0.4, -0.2) is 21.1 Å². The lowest BCUT2D eigenvalue weighted by Crippen LogP contribution is -2.45. The molecule has 1 aromatic rings. The van der Waals surface area contributed by atoms with Crippen LogP contribution in [0, 0.1) is 11.3 Å². The molecule has 1 fully saturated rings. The third kappa shape index (κ3) is 2.35. The molecule has 1 aromatic heterocycles. The van der Waals surface area contributed by atoms with E-state index in [0.29, 0.717) is 12.1 Å². The number of imidazole rings is 1. The molecule has 1 saturated carbocycles. The van der Waals surface area contributed by atoms with Gasteiger partial charge in [-0.15, -0.1) is 0 Å². The highest BCUT2D eigenvalue weighted by molar-refractivity contribution is 5.20. The zero-order valence-corrected chi connectivity index (χ0v) is 12.5. The van der Waals surface area contributed by atoms with Crippen molar-refractivity contribution in [1.82, 2.24) is 14.9 Å². The molecule has 2 aliphatic carbocycles. The summed E-state index contributed by atoms with van der Waals surface area (Å²) in [5, 5.41) is 13.1. The number of nitriles is 1. The lowest BCUT2D eigenvalue weighted by Gasteiger charge is -2.26. The van der Waals surface area contributed by atoms with Gasteiger partial charge in [0.25, 0.3) is 0 Å². The van der Waals surface area contributed by atoms with E-state index < -0.39 is 0 Å². The maximum Gasteiger partial charge on any atom is 0.109 e. The van der Waals surface area contributed by atoms with Crippen molar-refractivity contribution in [2.24, 2.45) is 0 Å². The molecule has 0 saturated heterocycles. The molecule has 2 aliphatic rings. The highest BCUT2D eigenvalue weighted by Crippen LogP contribution is 2.39. The molecular formula is C16H24N4. The maximum absolute atomic E-state index is 9.58. The molecule has 0 bridgehead atoms. The molecule has 0 amide bonds. The summed E-state index contributed by atoms with van der Waals surface area (Å²) in [6.07, 6.45) is 9.78.